The molecule has 2 aromatic heterocycles. The lowest BCUT2D eigenvalue weighted by Gasteiger charge is -2.07. The smallest absolute Gasteiger partial charge is 0.264 e. The molecule has 2 amide bonds. The Morgan fingerprint density at radius 3 is 2.50 bits per heavy atom. The van der Waals surface area contributed by atoms with Gasteiger partial charge in [-0.15, -0.1) is 0 Å². The highest BCUT2D eigenvalue weighted by atomic mass is 32.2. The fourth-order valence-corrected chi connectivity index (χ4v) is 3.40. The normalized spacial score (nSPS) is 11.3. The van der Waals surface area contributed by atoms with Gasteiger partial charge in [-0.05, 0) is 36.4 Å². The summed E-state index contributed by atoms with van der Waals surface area (Å²) >= 11 is 0. The van der Waals surface area contributed by atoms with Crippen molar-refractivity contribution in [3.8, 4) is 0 Å². The van der Waals surface area contributed by atoms with Crippen molar-refractivity contribution in [3.63, 3.8) is 0 Å². The molecular weight excluding hydrogens is 356 g/mol. The van der Waals surface area contributed by atoms with Gasteiger partial charge in [0.2, 0.25) is 11.8 Å². The summed E-state index contributed by atoms with van der Waals surface area (Å²) in [5, 5.41) is 2.68. The number of carbonyl (C=O) groups is 2. The van der Waals surface area contributed by atoms with Crippen molar-refractivity contribution >= 4 is 33.2 Å². The number of hydrogen-bond acceptors (Lipinski definition) is 5. The minimum Gasteiger partial charge on any atom is -0.326 e. The average Bonchev–Trinajstić information content (AvgIpc) is 2.96. The topological polar surface area (TPSA) is 110 Å². The summed E-state index contributed by atoms with van der Waals surface area (Å²) in [5.74, 6) is -0.944. The van der Waals surface area contributed by atoms with Gasteiger partial charge in [0.1, 0.15) is 5.65 Å². The van der Waals surface area contributed by atoms with E-state index in [1.807, 2.05) is 33.5 Å². The molecule has 3 rings (SSSR count). The van der Waals surface area contributed by atoms with Crippen molar-refractivity contribution < 1.29 is 18.0 Å². The molecule has 0 aliphatic heterocycles. The van der Waals surface area contributed by atoms with E-state index in [9.17, 15) is 18.0 Å². The van der Waals surface area contributed by atoms with Gasteiger partial charge in [-0.3, -0.25) is 9.59 Å². The highest BCUT2D eigenvalue weighted by Gasteiger charge is 2.15. The fraction of sp³-hybridized carbons (Fsp3) is 0.118. The second-order valence-electron chi connectivity index (χ2n) is 5.61. The summed E-state index contributed by atoms with van der Waals surface area (Å²) in [6.07, 6.45) is 3.71. The molecule has 0 fully saturated rings. The molecule has 0 aliphatic carbocycles. The van der Waals surface area contributed by atoms with Crippen molar-refractivity contribution in [1.29, 1.82) is 0 Å². The van der Waals surface area contributed by atoms with Gasteiger partial charge in [0.25, 0.3) is 10.0 Å². The van der Waals surface area contributed by atoms with Crippen LogP contribution in [-0.2, 0) is 26.0 Å². The van der Waals surface area contributed by atoms with E-state index >= 15 is 0 Å². The van der Waals surface area contributed by atoms with Gasteiger partial charge >= 0.3 is 0 Å². The SMILES string of the molecule is CC(=O)NS(=O)(=O)c1ccc(NC(=O)Cc2cn3ccccc3n2)cc1. The number of sulfonamides is 1. The van der Waals surface area contributed by atoms with Crippen molar-refractivity contribution in [2.24, 2.45) is 0 Å². The van der Waals surface area contributed by atoms with Crippen molar-refractivity contribution in [2.75, 3.05) is 5.32 Å². The van der Waals surface area contributed by atoms with Crippen LogP contribution < -0.4 is 10.0 Å². The molecule has 0 spiro atoms. The first-order valence-corrected chi connectivity index (χ1v) is 9.18. The number of pyridine rings is 1. The Morgan fingerprint density at radius 1 is 1.12 bits per heavy atom. The second-order valence-corrected chi connectivity index (χ2v) is 7.29. The molecule has 134 valence electrons. The molecule has 0 radical (unpaired) electrons. The van der Waals surface area contributed by atoms with E-state index in [0.29, 0.717) is 11.4 Å². The third-order valence-corrected chi connectivity index (χ3v) is 4.93. The summed E-state index contributed by atoms with van der Waals surface area (Å²) in [7, 11) is -3.89. The molecule has 1 aromatic carbocycles. The highest BCUT2D eigenvalue weighted by molar-refractivity contribution is 7.90. The van der Waals surface area contributed by atoms with Gasteiger partial charge in [0.05, 0.1) is 17.0 Å². The average molecular weight is 372 g/mol. The van der Waals surface area contributed by atoms with Crippen LogP contribution in [0.4, 0.5) is 5.69 Å². The van der Waals surface area contributed by atoms with E-state index in [1.165, 1.54) is 24.3 Å². The van der Waals surface area contributed by atoms with E-state index in [2.05, 4.69) is 10.3 Å². The number of carbonyl (C=O) groups excluding carboxylic acids is 2. The number of nitrogens with zero attached hydrogens (tertiary/aromatic N) is 2. The van der Waals surface area contributed by atoms with E-state index in [4.69, 9.17) is 0 Å². The van der Waals surface area contributed by atoms with Crippen molar-refractivity contribution in [1.82, 2.24) is 14.1 Å². The molecule has 0 saturated heterocycles. The predicted molar refractivity (Wildman–Crippen MR) is 95.0 cm³/mol. The van der Waals surface area contributed by atoms with E-state index in [1.54, 1.807) is 6.20 Å². The minimum absolute atomic E-state index is 0.0638. The lowest BCUT2D eigenvalue weighted by molar-refractivity contribution is -0.117. The quantitative estimate of drug-likeness (QED) is 0.702. The van der Waals surface area contributed by atoms with Crippen LogP contribution in [0.15, 0.2) is 59.8 Å². The fourth-order valence-electron chi connectivity index (χ4n) is 2.41. The van der Waals surface area contributed by atoms with Crippen LogP contribution in [-0.4, -0.2) is 29.6 Å². The van der Waals surface area contributed by atoms with Crippen LogP contribution >= 0.6 is 0 Å². The molecule has 2 heterocycles. The minimum atomic E-state index is -3.89. The van der Waals surface area contributed by atoms with Crippen molar-refractivity contribution in [2.45, 2.75) is 18.2 Å². The number of anilines is 1. The largest absolute Gasteiger partial charge is 0.326 e. The van der Waals surface area contributed by atoms with Crippen LogP contribution in [0.5, 0.6) is 0 Å². The van der Waals surface area contributed by atoms with Crippen LogP contribution in [0.25, 0.3) is 5.65 Å². The van der Waals surface area contributed by atoms with Gasteiger partial charge in [-0.1, -0.05) is 6.07 Å². The van der Waals surface area contributed by atoms with Gasteiger partial charge in [0, 0.05) is 25.0 Å². The zero-order chi connectivity index (χ0) is 18.7. The first-order chi connectivity index (χ1) is 12.3. The van der Waals surface area contributed by atoms with Crippen LogP contribution in [0, 0.1) is 0 Å². The summed E-state index contributed by atoms with van der Waals surface area (Å²) in [4.78, 5) is 27.4. The lowest BCUT2D eigenvalue weighted by Crippen LogP contribution is -2.28. The lowest BCUT2D eigenvalue weighted by atomic mass is 10.3. The number of aromatic nitrogens is 2. The zero-order valence-electron chi connectivity index (χ0n) is 13.8. The Labute approximate surface area is 149 Å². The van der Waals surface area contributed by atoms with Crippen LogP contribution in [0.3, 0.4) is 0 Å². The predicted octanol–water partition coefficient (Wildman–Crippen LogP) is 1.34. The number of nitrogens with one attached hydrogen (secondary N) is 2. The molecule has 3 aromatic rings. The van der Waals surface area contributed by atoms with Gasteiger partial charge in [-0.2, -0.15) is 0 Å². The zero-order valence-corrected chi connectivity index (χ0v) is 14.7. The third kappa shape index (κ3) is 4.06. The van der Waals surface area contributed by atoms with E-state index < -0.39 is 15.9 Å². The molecule has 0 bridgehead atoms. The highest BCUT2D eigenvalue weighted by Crippen LogP contribution is 2.14. The monoisotopic (exact) mass is 372 g/mol. The molecule has 0 saturated carbocycles. The Balaban J connectivity index is 1.67. The first kappa shape index (κ1) is 17.6. The van der Waals surface area contributed by atoms with E-state index in [-0.39, 0.29) is 17.2 Å². The molecule has 9 heteroatoms. The maximum atomic E-state index is 12.2. The molecule has 2 N–H and O–H groups in total. The first-order valence-electron chi connectivity index (χ1n) is 7.69. The summed E-state index contributed by atoms with van der Waals surface area (Å²) in [6.45, 7) is 1.12. The number of fused-ring (bicyclic) bond motifs is 1. The summed E-state index contributed by atoms with van der Waals surface area (Å²) < 4.78 is 27.4. The maximum absolute atomic E-state index is 12.2. The Kier molecular flexibility index (Phi) is 4.72. The molecule has 0 atom stereocenters. The van der Waals surface area contributed by atoms with Crippen LogP contribution in [0.1, 0.15) is 12.6 Å². The maximum Gasteiger partial charge on any atom is 0.264 e. The molecular formula is C17H16N4O4S. The second kappa shape index (κ2) is 6.96. The van der Waals surface area contributed by atoms with Gasteiger partial charge in [-0.25, -0.2) is 18.1 Å². The van der Waals surface area contributed by atoms with Crippen LogP contribution in [0.2, 0.25) is 0 Å². The Bertz CT molecular complexity index is 1040. The Morgan fingerprint density at radius 2 is 1.85 bits per heavy atom. The standard InChI is InChI=1S/C17H16N4O4S/c1-12(22)20-26(24,25)15-7-5-13(6-8-15)19-17(23)10-14-11-21-9-3-2-4-16(21)18-14/h2-9,11H,10H2,1H3,(H,19,23)(H,20,22). The molecule has 0 aliphatic rings. The molecule has 0 unspecified atom stereocenters. The van der Waals surface area contributed by atoms with E-state index in [0.717, 1.165) is 12.6 Å². The van der Waals surface area contributed by atoms with Crippen molar-refractivity contribution in [3.05, 3.63) is 60.6 Å². The third-order valence-electron chi connectivity index (χ3n) is 3.48. The number of rotatable bonds is 5. The van der Waals surface area contributed by atoms with Gasteiger partial charge < -0.3 is 9.72 Å². The Hall–Kier alpha value is -3.20. The number of benzene rings is 1. The molecule has 26 heavy (non-hydrogen) atoms. The number of imidazole rings is 1. The number of amides is 2. The van der Waals surface area contributed by atoms with Gasteiger partial charge in [0.15, 0.2) is 0 Å². The molecule has 8 nitrogen and oxygen atoms in total. The summed E-state index contributed by atoms with van der Waals surface area (Å²) in [5.41, 5.74) is 1.82. The number of hydrogen-bond donors (Lipinski definition) is 2. The summed E-state index contributed by atoms with van der Waals surface area (Å²) in [6, 6.07) is 11.1.